The molecule has 0 saturated carbocycles. The van der Waals surface area contributed by atoms with E-state index in [-0.39, 0.29) is 11.8 Å². The molecule has 2 aromatic carbocycles. The van der Waals surface area contributed by atoms with Crippen molar-refractivity contribution in [2.75, 3.05) is 18.0 Å². The van der Waals surface area contributed by atoms with Crippen LogP contribution in [0.1, 0.15) is 42.9 Å². The lowest BCUT2D eigenvalue weighted by Gasteiger charge is -2.20. The van der Waals surface area contributed by atoms with Gasteiger partial charge in [-0.15, -0.1) is 0 Å². The molecule has 1 aliphatic heterocycles. The molecule has 0 radical (unpaired) electrons. The van der Waals surface area contributed by atoms with Gasteiger partial charge in [-0.2, -0.15) is 13.2 Å². The summed E-state index contributed by atoms with van der Waals surface area (Å²) in [6, 6.07) is 9.89. The summed E-state index contributed by atoms with van der Waals surface area (Å²) in [7, 11) is -3.68. The molecular formula is C22H26ClF3N2O2S. The number of hydrogen-bond donors (Lipinski definition) is 1. The lowest BCUT2D eigenvalue weighted by Crippen LogP contribution is -2.37. The predicted molar refractivity (Wildman–Crippen MR) is 118 cm³/mol. The van der Waals surface area contributed by atoms with Crippen molar-refractivity contribution in [2.24, 2.45) is 0 Å². The zero-order valence-electron chi connectivity index (χ0n) is 17.3. The first kappa shape index (κ1) is 23.9. The van der Waals surface area contributed by atoms with Crippen LogP contribution in [0.3, 0.4) is 0 Å². The Labute approximate surface area is 186 Å². The lowest BCUT2D eigenvalue weighted by atomic mass is 10.1. The second-order valence-electron chi connectivity index (χ2n) is 7.88. The Morgan fingerprint density at radius 1 is 1.16 bits per heavy atom. The van der Waals surface area contributed by atoms with E-state index in [1.54, 1.807) is 0 Å². The zero-order valence-corrected chi connectivity index (χ0v) is 18.8. The molecule has 170 valence electrons. The van der Waals surface area contributed by atoms with Gasteiger partial charge in [-0.3, -0.25) is 0 Å². The molecule has 2 aromatic rings. The average molecular weight is 475 g/mol. The van der Waals surface area contributed by atoms with Crippen molar-refractivity contribution >= 4 is 27.3 Å². The van der Waals surface area contributed by atoms with E-state index >= 15 is 0 Å². The molecule has 1 N–H and O–H groups in total. The van der Waals surface area contributed by atoms with Crippen LogP contribution < -0.4 is 9.62 Å². The van der Waals surface area contributed by atoms with Crippen molar-refractivity contribution in [1.29, 1.82) is 0 Å². The number of rotatable bonds is 8. The standard InChI is InChI=1S/C22H26ClF3N2O2S/c1-2-3-4-17-7-10-20(13-21(17)23)28-12-11-19(14-28)27-31(29,30)15-16-5-8-18(9-6-16)22(24,25)26/h5-10,13,19,27H,2-4,11-12,14-15H2,1H3/t19-/m1/s1. The van der Waals surface area contributed by atoms with Gasteiger partial charge in [0.15, 0.2) is 0 Å². The van der Waals surface area contributed by atoms with E-state index in [2.05, 4.69) is 16.5 Å². The highest BCUT2D eigenvalue weighted by molar-refractivity contribution is 7.88. The zero-order chi connectivity index (χ0) is 22.6. The predicted octanol–water partition coefficient (Wildman–Crippen LogP) is 5.40. The first-order valence-electron chi connectivity index (χ1n) is 10.3. The van der Waals surface area contributed by atoms with Gasteiger partial charge in [0.25, 0.3) is 0 Å². The first-order chi connectivity index (χ1) is 14.6. The fraction of sp³-hybridized carbons (Fsp3) is 0.455. The smallest absolute Gasteiger partial charge is 0.370 e. The molecule has 1 saturated heterocycles. The van der Waals surface area contributed by atoms with Gasteiger partial charge in [0.05, 0.1) is 11.3 Å². The molecule has 31 heavy (non-hydrogen) atoms. The maximum Gasteiger partial charge on any atom is 0.416 e. The van der Waals surface area contributed by atoms with Gasteiger partial charge in [-0.05, 0) is 54.7 Å². The Morgan fingerprint density at radius 2 is 1.87 bits per heavy atom. The van der Waals surface area contributed by atoms with Crippen LogP contribution in [0.2, 0.25) is 5.02 Å². The minimum absolute atomic E-state index is 0.266. The second kappa shape index (κ2) is 9.79. The molecule has 4 nitrogen and oxygen atoms in total. The van der Waals surface area contributed by atoms with Crippen LogP contribution >= 0.6 is 11.6 Å². The molecule has 0 aliphatic carbocycles. The van der Waals surface area contributed by atoms with Gasteiger partial charge < -0.3 is 4.90 Å². The lowest BCUT2D eigenvalue weighted by molar-refractivity contribution is -0.137. The quantitative estimate of drug-likeness (QED) is 0.557. The van der Waals surface area contributed by atoms with Crippen LogP contribution in [0, 0.1) is 0 Å². The van der Waals surface area contributed by atoms with Gasteiger partial charge in [0, 0.05) is 29.8 Å². The number of unbranched alkanes of at least 4 members (excludes halogenated alkanes) is 1. The van der Waals surface area contributed by atoms with Gasteiger partial charge in [-0.1, -0.05) is 43.1 Å². The summed E-state index contributed by atoms with van der Waals surface area (Å²) >= 11 is 6.41. The normalized spacial score (nSPS) is 17.3. The summed E-state index contributed by atoms with van der Waals surface area (Å²) in [5, 5.41) is 0.720. The summed E-state index contributed by atoms with van der Waals surface area (Å²) in [5.41, 5.74) is 1.58. The Balaban J connectivity index is 1.58. The van der Waals surface area contributed by atoms with Crippen molar-refractivity contribution < 1.29 is 21.6 Å². The maximum atomic E-state index is 12.7. The van der Waals surface area contributed by atoms with E-state index in [9.17, 15) is 21.6 Å². The summed E-state index contributed by atoms with van der Waals surface area (Å²) in [6.45, 7) is 3.33. The third-order valence-electron chi connectivity index (χ3n) is 5.37. The molecule has 1 fully saturated rings. The molecular weight excluding hydrogens is 449 g/mol. The molecule has 0 spiro atoms. The van der Waals surface area contributed by atoms with Crippen molar-refractivity contribution in [3.05, 3.63) is 64.2 Å². The summed E-state index contributed by atoms with van der Waals surface area (Å²) in [6.07, 6.45) is -0.701. The molecule has 0 amide bonds. The SMILES string of the molecule is CCCCc1ccc(N2CC[C@@H](NS(=O)(=O)Cc3ccc(C(F)(F)F)cc3)C2)cc1Cl. The summed E-state index contributed by atoms with van der Waals surface area (Å²) < 4.78 is 65.7. The van der Waals surface area contributed by atoms with Gasteiger partial charge in [-0.25, -0.2) is 13.1 Å². The van der Waals surface area contributed by atoms with Crippen molar-refractivity contribution in [1.82, 2.24) is 4.72 Å². The summed E-state index contributed by atoms with van der Waals surface area (Å²) in [5.74, 6) is -0.362. The fourth-order valence-corrected chi connectivity index (χ4v) is 5.38. The number of alkyl halides is 3. The number of sulfonamides is 1. The Bertz CT molecular complexity index is 995. The molecule has 9 heteroatoms. The molecule has 0 bridgehead atoms. The Kier molecular flexibility index (Phi) is 7.55. The number of nitrogens with zero attached hydrogens (tertiary/aromatic N) is 1. The van der Waals surface area contributed by atoms with Crippen molar-refractivity contribution in [2.45, 2.75) is 50.6 Å². The van der Waals surface area contributed by atoms with Crippen LogP contribution in [0.15, 0.2) is 42.5 Å². The van der Waals surface area contributed by atoms with E-state index in [0.29, 0.717) is 25.1 Å². The van der Waals surface area contributed by atoms with Crippen LogP contribution in [0.25, 0.3) is 0 Å². The molecule has 1 heterocycles. The number of benzene rings is 2. The molecule has 1 atom stereocenters. The van der Waals surface area contributed by atoms with Crippen LogP contribution in [-0.2, 0) is 28.4 Å². The minimum atomic E-state index is -4.44. The van der Waals surface area contributed by atoms with E-state index < -0.39 is 21.8 Å². The van der Waals surface area contributed by atoms with Crippen LogP contribution in [0.5, 0.6) is 0 Å². The van der Waals surface area contributed by atoms with E-state index in [0.717, 1.165) is 47.7 Å². The highest BCUT2D eigenvalue weighted by atomic mass is 35.5. The van der Waals surface area contributed by atoms with Gasteiger partial charge in [0.2, 0.25) is 10.0 Å². The third-order valence-corrected chi connectivity index (χ3v) is 7.13. The highest BCUT2D eigenvalue weighted by Crippen LogP contribution is 2.30. The molecule has 0 unspecified atom stereocenters. The van der Waals surface area contributed by atoms with Crippen LogP contribution in [0.4, 0.5) is 18.9 Å². The largest absolute Gasteiger partial charge is 0.416 e. The first-order valence-corrected chi connectivity index (χ1v) is 12.3. The van der Waals surface area contributed by atoms with E-state index in [4.69, 9.17) is 11.6 Å². The van der Waals surface area contributed by atoms with Crippen molar-refractivity contribution in [3.8, 4) is 0 Å². The van der Waals surface area contributed by atoms with E-state index in [1.165, 1.54) is 12.1 Å². The third kappa shape index (κ3) is 6.60. The molecule has 1 aliphatic rings. The Hall–Kier alpha value is -1.77. The molecule has 0 aromatic heterocycles. The topological polar surface area (TPSA) is 49.4 Å². The van der Waals surface area contributed by atoms with E-state index in [1.807, 2.05) is 18.2 Å². The second-order valence-corrected chi connectivity index (χ2v) is 10.0. The number of anilines is 1. The number of hydrogen-bond acceptors (Lipinski definition) is 3. The monoisotopic (exact) mass is 474 g/mol. The minimum Gasteiger partial charge on any atom is -0.370 e. The average Bonchev–Trinajstić information content (AvgIpc) is 3.14. The summed E-state index contributed by atoms with van der Waals surface area (Å²) in [4.78, 5) is 2.08. The van der Waals surface area contributed by atoms with Crippen molar-refractivity contribution in [3.63, 3.8) is 0 Å². The van der Waals surface area contributed by atoms with Crippen LogP contribution in [-0.4, -0.2) is 27.5 Å². The molecule has 3 rings (SSSR count). The number of halogens is 4. The van der Waals surface area contributed by atoms with Gasteiger partial charge >= 0.3 is 6.18 Å². The fourth-order valence-electron chi connectivity index (χ4n) is 3.70. The highest BCUT2D eigenvalue weighted by Gasteiger charge is 2.30. The number of aryl methyl sites for hydroxylation is 1. The van der Waals surface area contributed by atoms with Gasteiger partial charge in [0.1, 0.15) is 0 Å². The number of nitrogens with one attached hydrogen (secondary N) is 1. The maximum absolute atomic E-state index is 12.7. The Morgan fingerprint density at radius 3 is 2.48 bits per heavy atom.